The quantitative estimate of drug-likeness (QED) is 0.867. The Labute approximate surface area is 112 Å². The predicted molar refractivity (Wildman–Crippen MR) is 73.6 cm³/mol. The normalized spacial score (nSPS) is 13.6. The highest BCUT2D eigenvalue weighted by Gasteiger charge is 2.16. The minimum atomic E-state index is -0.108. The van der Waals surface area contributed by atoms with E-state index < -0.39 is 0 Å². The zero-order chi connectivity index (χ0) is 12.1. The van der Waals surface area contributed by atoms with Gasteiger partial charge in [0.1, 0.15) is 10.7 Å². The zero-order valence-electron chi connectivity index (χ0n) is 10.4. The summed E-state index contributed by atoms with van der Waals surface area (Å²) in [7, 11) is 0. The maximum Gasteiger partial charge on any atom is 0.270 e. The molecule has 0 aliphatic carbocycles. The highest BCUT2D eigenvalue weighted by Crippen LogP contribution is 2.11. The second-order valence-corrected chi connectivity index (χ2v) is 4.92. The van der Waals surface area contributed by atoms with Gasteiger partial charge in [0, 0.05) is 18.0 Å². The molecule has 1 aromatic rings. The van der Waals surface area contributed by atoms with Crippen molar-refractivity contribution in [1.82, 2.24) is 10.3 Å². The van der Waals surface area contributed by atoms with Crippen molar-refractivity contribution >= 4 is 29.7 Å². The summed E-state index contributed by atoms with van der Waals surface area (Å²) in [6.07, 6.45) is 1.05. The molecule has 0 fully saturated rings. The van der Waals surface area contributed by atoms with Gasteiger partial charge in [-0.15, -0.1) is 23.7 Å². The number of nitrogens with one attached hydrogen (secondary N) is 1. The molecule has 17 heavy (non-hydrogen) atoms. The van der Waals surface area contributed by atoms with Crippen molar-refractivity contribution in [3.05, 3.63) is 16.1 Å². The van der Waals surface area contributed by atoms with E-state index >= 15 is 0 Å². The highest BCUT2D eigenvalue weighted by atomic mass is 35.5. The fourth-order valence-corrected chi connectivity index (χ4v) is 1.94. The van der Waals surface area contributed by atoms with E-state index in [9.17, 15) is 4.79 Å². The minimum Gasteiger partial charge on any atom is -0.348 e. The Hall–Kier alpha value is -0.650. The lowest BCUT2D eigenvalue weighted by molar-refractivity contribution is 0.0923. The molecule has 0 aliphatic heterocycles. The van der Waals surface area contributed by atoms with Crippen LogP contribution < -0.4 is 11.1 Å². The van der Waals surface area contributed by atoms with Crippen LogP contribution in [0, 0.1) is 5.92 Å². The molecule has 0 radical (unpaired) electrons. The number of hydrogen-bond donors (Lipinski definition) is 2. The molecule has 3 N–H and O–H groups in total. The molecule has 6 heteroatoms. The van der Waals surface area contributed by atoms with E-state index in [2.05, 4.69) is 24.1 Å². The van der Waals surface area contributed by atoms with Gasteiger partial charge >= 0.3 is 0 Å². The standard InChI is InChI=1S/C11H19N3OS.ClH/c1-4-7(2)8(3)13-11(15)9-6-16-10(5-12)14-9;/h6-8H,4-5,12H2,1-3H3,(H,13,15);1H. The average molecular weight is 278 g/mol. The average Bonchev–Trinajstić information content (AvgIpc) is 2.76. The molecule has 0 spiro atoms. The number of amides is 1. The summed E-state index contributed by atoms with van der Waals surface area (Å²) < 4.78 is 0. The van der Waals surface area contributed by atoms with E-state index in [1.54, 1.807) is 5.38 Å². The summed E-state index contributed by atoms with van der Waals surface area (Å²) in [6.45, 7) is 6.64. The van der Waals surface area contributed by atoms with Gasteiger partial charge in [0.05, 0.1) is 0 Å². The van der Waals surface area contributed by atoms with Gasteiger partial charge in [-0.1, -0.05) is 20.3 Å². The number of thiazole rings is 1. The van der Waals surface area contributed by atoms with Crippen LogP contribution in [-0.4, -0.2) is 16.9 Å². The van der Waals surface area contributed by atoms with E-state index in [0.29, 0.717) is 18.2 Å². The van der Waals surface area contributed by atoms with Crippen LogP contribution in [0.1, 0.15) is 42.7 Å². The van der Waals surface area contributed by atoms with Crippen LogP contribution in [0.4, 0.5) is 0 Å². The van der Waals surface area contributed by atoms with Crippen molar-refractivity contribution in [2.24, 2.45) is 11.7 Å². The highest BCUT2D eigenvalue weighted by molar-refractivity contribution is 7.09. The number of halogens is 1. The summed E-state index contributed by atoms with van der Waals surface area (Å²) in [5.74, 6) is 0.361. The molecule has 2 unspecified atom stereocenters. The van der Waals surface area contributed by atoms with Crippen LogP contribution in [0.2, 0.25) is 0 Å². The van der Waals surface area contributed by atoms with Gasteiger partial charge < -0.3 is 11.1 Å². The van der Waals surface area contributed by atoms with Crippen molar-refractivity contribution < 1.29 is 4.79 Å². The summed E-state index contributed by atoms with van der Waals surface area (Å²) in [6, 6.07) is 0.167. The largest absolute Gasteiger partial charge is 0.348 e. The zero-order valence-corrected chi connectivity index (χ0v) is 12.0. The minimum absolute atomic E-state index is 0. The predicted octanol–water partition coefficient (Wildman–Crippen LogP) is 2.19. The summed E-state index contributed by atoms with van der Waals surface area (Å²) in [5.41, 5.74) is 5.92. The smallest absolute Gasteiger partial charge is 0.270 e. The molecule has 0 bridgehead atoms. The van der Waals surface area contributed by atoms with Crippen LogP contribution in [0.5, 0.6) is 0 Å². The summed E-state index contributed by atoms with van der Waals surface area (Å²) in [5, 5.41) is 5.49. The van der Waals surface area contributed by atoms with E-state index in [-0.39, 0.29) is 24.4 Å². The van der Waals surface area contributed by atoms with E-state index in [4.69, 9.17) is 5.73 Å². The number of rotatable bonds is 5. The monoisotopic (exact) mass is 277 g/mol. The van der Waals surface area contributed by atoms with Gasteiger partial charge in [0.2, 0.25) is 0 Å². The lowest BCUT2D eigenvalue weighted by Gasteiger charge is -2.19. The van der Waals surface area contributed by atoms with Crippen LogP contribution in [0.25, 0.3) is 0 Å². The van der Waals surface area contributed by atoms with Gasteiger partial charge in [0.15, 0.2) is 0 Å². The van der Waals surface area contributed by atoms with Crippen LogP contribution in [-0.2, 0) is 6.54 Å². The Bertz CT molecular complexity index is 356. The third-order valence-electron chi connectivity index (χ3n) is 2.82. The lowest BCUT2D eigenvalue weighted by Crippen LogP contribution is -2.37. The van der Waals surface area contributed by atoms with Crippen molar-refractivity contribution in [2.45, 2.75) is 39.8 Å². The van der Waals surface area contributed by atoms with Gasteiger partial charge in [-0.25, -0.2) is 4.98 Å². The maximum atomic E-state index is 11.8. The number of hydrogen-bond acceptors (Lipinski definition) is 4. The SMILES string of the molecule is CCC(C)C(C)NC(=O)c1csc(CN)n1.Cl. The number of carbonyl (C=O) groups is 1. The number of nitrogens with zero attached hydrogens (tertiary/aromatic N) is 1. The molecule has 4 nitrogen and oxygen atoms in total. The summed E-state index contributed by atoms with van der Waals surface area (Å²) >= 11 is 1.42. The first kappa shape index (κ1) is 16.4. The van der Waals surface area contributed by atoms with Gasteiger partial charge in [-0.2, -0.15) is 0 Å². The van der Waals surface area contributed by atoms with Crippen LogP contribution >= 0.6 is 23.7 Å². The third kappa shape index (κ3) is 4.61. The van der Waals surface area contributed by atoms with Crippen molar-refractivity contribution in [2.75, 3.05) is 0 Å². The molecule has 0 saturated carbocycles. The van der Waals surface area contributed by atoms with E-state index in [0.717, 1.165) is 11.4 Å². The fraction of sp³-hybridized carbons (Fsp3) is 0.636. The first-order valence-electron chi connectivity index (χ1n) is 5.53. The molecule has 2 atom stereocenters. The second-order valence-electron chi connectivity index (χ2n) is 3.98. The Morgan fingerprint density at radius 1 is 1.59 bits per heavy atom. The van der Waals surface area contributed by atoms with Crippen molar-refractivity contribution in [1.29, 1.82) is 0 Å². The first-order valence-corrected chi connectivity index (χ1v) is 6.41. The molecule has 98 valence electrons. The van der Waals surface area contributed by atoms with Gasteiger partial charge in [0.25, 0.3) is 5.91 Å². The molecule has 0 saturated heterocycles. The topological polar surface area (TPSA) is 68.0 Å². The third-order valence-corrected chi connectivity index (χ3v) is 3.69. The van der Waals surface area contributed by atoms with Gasteiger partial charge in [-0.05, 0) is 12.8 Å². The molecule has 0 aliphatic rings. The lowest BCUT2D eigenvalue weighted by atomic mass is 10.0. The number of nitrogens with two attached hydrogens (primary N) is 1. The van der Waals surface area contributed by atoms with Crippen LogP contribution in [0.15, 0.2) is 5.38 Å². The Morgan fingerprint density at radius 2 is 2.24 bits per heavy atom. The van der Waals surface area contributed by atoms with Crippen LogP contribution in [0.3, 0.4) is 0 Å². The first-order chi connectivity index (χ1) is 7.58. The van der Waals surface area contributed by atoms with Gasteiger partial charge in [-0.3, -0.25) is 4.79 Å². The number of carbonyl (C=O) groups excluding carboxylic acids is 1. The maximum absolute atomic E-state index is 11.8. The molecule has 1 amide bonds. The molecule has 1 heterocycles. The van der Waals surface area contributed by atoms with Crippen molar-refractivity contribution in [3.8, 4) is 0 Å². The summed E-state index contributed by atoms with van der Waals surface area (Å²) in [4.78, 5) is 15.9. The van der Waals surface area contributed by atoms with E-state index in [1.165, 1.54) is 11.3 Å². The molecule has 1 aromatic heterocycles. The molecule has 0 aromatic carbocycles. The molecular formula is C11H20ClN3OS. The van der Waals surface area contributed by atoms with E-state index in [1.807, 2.05) is 6.92 Å². The Balaban J connectivity index is 0.00000256. The Morgan fingerprint density at radius 3 is 2.71 bits per heavy atom. The fourth-order valence-electron chi connectivity index (χ4n) is 1.29. The Kier molecular flexibility index (Phi) is 7.34. The molecule has 1 rings (SSSR count). The number of aromatic nitrogens is 1. The second kappa shape index (κ2) is 7.63. The van der Waals surface area contributed by atoms with Crippen molar-refractivity contribution in [3.63, 3.8) is 0 Å². The molecular weight excluding hydrogens is 258 g/mol.